The van der Waals surface area contributed by atoms with E-state index in [9.17, 15) is 9.59 Å². The van der Waals surface area contributed by atoms with E-state index in [0.29, 0.717) is 37.3 Å². The SMILES string of the molecule is CCCC(=O)NC[C@H]1[C@H]2C[C@H](CN(c3ncccc3C)C2)[C@@H]2CCCC(=O)N21. The van der Waals surface area contributed by atoms with E-state index in [1.165, 1.54) is 5.56 Å². The first kappa shape index (κ1) is 19.2. The predicted octanol–water partition coefficient (Wildman–Crippen LogP) is 2.51. The van der Waals surface area contributed by atoms with E-state index < -0.39 is 0 Å². The molecule has 2 amide bonds. The maximum atomic E-state index is 12.8. The molecular formula is C22H32N4O2. The number of piperidine rings is 3. The molecule has 2 bridgehead atoms. The van der Waals surface area contributed by atoms with Crippen LogP contribution in [0.1, 0.15) is 51.0 Å². The van der Waals surface area contributed by atoms with Gasteiger partial charge in [0.1, 0.15) is 5.82 Å². The highest BCUT2D eigenvalue weighted by molar-refractivity contribution is 5.79. The van der Waals surface area contributed by atoms with Gasteiger partial charge in [0.25, 0.3) is 0 Å². The molecule has 4 heterocycles. The lowest BCUT2D eigenvalue weighted by atomic mass is 9.72. The molecule has 4 atom stereocenters. The Balaban J connectivity index is 1.58. The van der Waals surface area contributed by atoms with Crippen LogP contribution in [0.3, 0.4) is 0 Å². The number of fused-ring (bicyclic) bond motifs is 4. The molecule has 0 unspecified atom stereocenters. The van der Waals surface area contributed by atoms with Crippen molar-refractivity contribution in [2.24, 2.45) is 11.8 Å². The molecule has 1 N–H and O–H groups in total. The first-order valence-electron chi connectivity index (χ1n) is 10.8. The lowest BCUT2D eigenvalue weighted by molar-refractivity contribution is -0.149. The fourth-order valence-electron chi connectivity index (χ4n) is 5.55. The normalized spacial score (nSPS) is 29.4. The number of amides is 2. The van der Waals surface area contributed by atoms with Crippen molar-refractivity contribution in [2.75, 3.05) is 24.5 Å². The summed E-state index contributed by atoms with van der Waals surface area (Å²) < 4.78 is 0. The van der Waals surface area contributed by atoms with E-state index >= 15 is 0 Å². The Morgan fingerprint density at radius 1 is 1.32 bits per heavy atom. The lowest BCUT2D eigenvalue weighted by Crippen LogP contribution is -2.67. The number of rotatable bonds is 5. The monoisotopic (exact) mass is 384 g/mol. The molecule has 0 saturated carbocycles. The van der Waals surface area contributed by atoms with Crippen LogP contribution in [0.25, 0.3) is 0 Å². The van der Waals surface area contributed by atoms with Gasteiger partial charge in [0, 0.05) is 44.7 Å². The minimum absolute atomic E-state index is 0.0962. The number of hydrogen-bond acceptors (Lipinski definition) is 4. The average Bonchev–Trinajstić information content (AvgIpc) is 2.69. The summed E-state index contributed by atoms with van der Waals surface area (Å²) in [4.78, 5) is 34.2. The molecule has 1 aromatic heterocycles. The van der Waals surface area contributed by atoms with Crippen LogP contribution in [0.2, 0.25) is 0 Å². The Labute approximate surface area is 167 Å². The average molecular weight is 385 g/mol. The minimum atomic E-state index is 0.0962. The van der Waals surface area contributed by atoms with Crippen LogP contribution in [0.5, 0.6) is 0 Å². The van der Waals surface area contributed by atoms with E-state index in [2.05, 4.69) is 33.1 Å². The van der Waals surface area contributed by atoms with Crippen LogP contribution in [0.15, 0.2) is 18.3 Å². The number of nitrogens with zero attached hydrogens (tertiary/aromatic N) is 3. The molecule has 6 nitrogen and oxygen atoms in total. The molecule has 4 rings (SSSR count). The Kier molecular flexibility index (Phi) is 5.56. The molecule has 3 fully saturated rings. The largest absolute Gasteiger partial charge is 0.356 e. The fourth-order valence-corrected chi connectivity index (χ4v) is 5.55. The molecule has 0 spiro atoms. The Morgan fingerprint density at radius 2 is 2.14 bits per heavy atom. The third-order valence-electron chi connectivity index (χ3n) is 6.76. The van der Waals surface area contributed by atoms with Gasteiger partial charge in [-0.2, -0.15) is 0 Å². The predicted molar refractivity (Wildman–Crippen MR) is 109 cm³/mol. The summed E-state index contributed by atoms with van der Waals surface area (Å²) in [6.45, 7) is 6.58. The number of pyridine rings is 1. The smallest absolute Gasteiger partial charge is 0.223 e. The standard InChI is InChI=1S/C22H32N4O2/c1-3-6-20(27)24-12-19-17-11-16(18-8-4-9-21(28)26(18)19)13-25(14-17)22-15(2)7-5-10-23-22/h5,7,10,16-19H,3-4,6,8-9,11-14H2,1-2H3,(H,24,27)/t16-,17+,18+,19+/m1/s1. The van der Waals surface area contributed by atoms with Crippen molar-refractivity contribution in [1.29, 1.82) is 0 Å². The quantitative estimate of drug-likeness (QED) is 0.847. The maximum absolute atomic E-state index is 12.8. The van der Waals surface area contributed by atoms with E-state index in [1.54, 1.807) is 0 Å². The molecule has 3 aliphatic rings. The summed E-state index contributed by atoms with van der Waals surface area (Å²) in [6, 6.07) is 4.50. The third kappa shape index (κ3) is 3.61. The molecule has 3 saturated heterocycles. The van der Waals surface area contributed by atoms with Gasteiger partial charge in [-0.3, -0.25) is 9.59 Å². The van der Waals surface area contributed by atoms with E-state index in [-0.39, 0.29) is 17.9 Å². The van der Waals surface area contributed by atoms with Crippen molar-refractivity contribution in [3.63, 3.8) is 0 Å². The van der Waals surface area contributed by atoms with Crippen molar-refractivity contribution in [2.45, 2.75) is 64.5 Å². The molecule has 0 aromatic carbocycles. The zero-order valence-corrected chi connectivity index (χ0v) is 17.1. The number of aryl methyl sites for hydroxylation is 1. The van der Waals surface area contributed by atoms with Crippen LogP contribution >= 0.6 is 0 Å². The molecular weight excluding hydrogens is 352 g/mol. The van der Waals surface area contributed by atoms with Crippen LogP contribution < -0.4 is 10.2 Å². The third-order valence-corrected chi connectivity index (χ3v) is 6.76. The van der Waals surface area contributed by atoms with Gasteiger partial charge in [-0.05, 0) is 56.1 Å². The first-order valence-corrected chi connectivity index (χ1v) is 10.8. The van der Waals surface area contributed by atoms with Gasteiger partial charge >= 0.3 is 0 Å². The minimum Gasteiger partial charge on any atom is -0.356 e. The highest BCUT2D eigenvalue weighted by Gasteiger charge is 2.49. The molecule has 0 radical (unpaired) electrons. The van der Waals surface area contributed by atoms with Crippen molar-refractivity contribution >= 4 is 17.6 Å². The summed E-state index contributed by atoms with van der Waals surface area (Å²) in [5, 5.41) is 3.11. The Hall–Kier alpha value is -2.11. The van der Waals surface area contributed by atoms with Crippen LogP contribution in [-0.2, 0) is 9.59 Å². The number of anilines is 1. The summed E-state index contributed by atoms with van der Waals surface area (Å²) in [5.74, 6) is 2.32. The molecule has 1 aromatic rings. The van der Waals surface area contributed by atoms with Gasteiger partial charge in [-0.25, -0.2) is 4.98 Å². The van der Waals surface area contributed by atoms with Gasteiger partial charge in [0.2, 0.25) is 11.8 Å². The molecule has 6 heteroatoms. The first-order chi connectivity index (χ1) is 13.6. The number of carbonyl (C=O) groups is 2. The highest BCUT2D eigenvalue weighted by Crippen LogP contribution is 2.42. The van der Waals surface area contributed by atoms with Gasteiger partial charge in [0.05, 0.1) is 6.04 Å². The summed E-state index contributed by atoms with van der Waals surface area (Å²) in [7, 11) is 0. The van der Waals surface area contributed by atoms with Gasteiger partial charge in [-0.15, -0.1) is 0 Å². The number of hydrogen-bond donors (Lipinski definition) is 1. The second-order valence-corrected chi connectivity index (χ2v) is 8.69. The van der Waals surface area contributed by atoms with Crippen molar-refractivity contribution < 1.29 is 9.59 Å². The van der Waals surface area contributed by atoms with E-state index in [0.717, 1.165) is 44.6 Å². The molecule has 152 valence electrons. The zero-order chi connectivity index (χ0) is 19.7. The zero-order valence-electron chi connectivity index (χ0n) is 17.1. The van der Waals surface area contributed by atoms with Gasteiger partial charge < -0.3 is 15.1 Å². The Morgan fingerprint density at radius 3 is 2.93 bits per heavy atom. The van der Waals surface area contributed by atoms with E-state index in [4.69, 9.17) is 0 Å². The van der Waals surface area contributed by atoms with Gasteiger partial charge in [0.15, 0.2) is 0 Å². The van der Waals surface area contributed by atoms with Crippen molar-refractivity contribution in [3.05, 3.63) is 23.9 Å². The summed E-state index contributed by atoms with van der Waals surface area (Å²) in [5.41, 5.74) is 1.20. The Bertz CT molecular complexity index is 737. The van der Waals surface area contributed by atoms with Crippen molar-refractivity contribution in [1.82, 2.24) is 15.2 Å². The fraction of sp³-hybridized carbons (Fsp3) is 0.682. The molecule has 3 aliphatic heterocycles. The highest BCUT2D eigenvalue weighted by atomic mass is 16.2. The van der Waals surface area contributed by atoms with E-state index in [1.807, 2.05) is 19.2 Å². The number of nitrogens with one attached hydrogen (secondary N) is 1. The summed E-state index contributed by atoms with van der Waals surface area (Å²) >= 11 is 0. The second kappa shape index (κ2) is 8.10. The van der Waals surface area contributed by atoms with Gasteiger partial charge in [-0.1, -0.05) is 13.0 Å². The number of carbonyl (C=O) groups excluding carboxylic acids is 2. The van der Waals surface area contributed by atoms with Crippen LogP contribution in [-0.4, -0.2) is 53.4 Å². The molecule has 28 heavy (non-hydrogen) atoms. The van der Waals surface area contributed by atoms with Crippen LogP contribution in [0, 0.1) is 18.8 Å². The molecule has 0 aliphatic carbocycles. The van der Waals surface area contributed by atoms with Crippen molar-refractivity contribution in [3.8, 4) is 0 Å². The topological polar surface area (TPSA) is 65.5 Å². The second-order valence-electron chi connectivity index (χ2n) is 8.69. The number of aromatic nitrogens is 1. The maximum Gasteiger partial charge on any atom is 0.223 e. The van der Waals surface area contributed by atoms with Crippen LogP contribution in [0.4, 0.5) is 5.82 Å². The summed E-state index contributed by atoms with van der Waals surface area (Å²) in [6.07, 6.45) is 7.13. The lowest BCUT2D eigenvalue weighted by Gasteiger charge is -2.57.